The first-order chi connectivity index (χ1) is 25.3. The smallest absolute Gasteiger partial charge is 0.246 e. The third-order valence-corrected chi connectivity index (χ3v) is 9.20. The SMILES string of the molecule is Cc1ccc(COc2ccc(Oc3c(C)cc(C=CC(=O)N4CCN(Cc5ccc(CCCOc6ccc(F)cc6)cc5)CC4)cc3Cl)nc2)cc1. The van der Waals surface area contributed by atoms with Crippen LogP contribution in [-0.2, 0) is 24.4 Å². The van der Waals surface area contributed by atoms with Crippen molar-refractivity contribution < 1.29 is 23.4 Å². The maximum absolute atomic E-state index is 13.0. The highest BCUT2D eigenvalue weighted by molar-refractivity contribution is 6.32. The molecule has 1 aliphatic rings. The number of nitrogens with zero attached hydrogens (tertiary/aromatic N) is 3. The van der Waals surface area contributed by atoms with E-state index in [1.165, 1.54) is 28.8 Å². The first-order valence-electron chi connectivity index (χ1n) is 17.6. The highest BCUT2D eigenvalue weighted by Gasteiger charge is 2.20. The van der Waals surface area contributed by atoms with Crippen molar-refractivity contribution in [3.05, 3.63) is 154 Å². The maximum atomic E-state index is 13.0. The van der Waals surface area contributed by atoms with Crippen molar-refractivity contribution in [2.24, 2.45) is 0 Å². The van der Waals surface area contributed by atoms with Gasteiger partial charge in [-0.05, 0) is 103 Å². The van der Waals surface area contributed by atoms with Crippen LogP contribution in [0.3, 0.4) is 0 Å². The van der Waals surface area contributed by atoms with Crippen molar-refractivity contribution in [3.63, 3.8) is 0 Å². The number of piperazine rings is 1. The fourth-order valence-corrected chi connectivity index (χ4v) is 6.23. The molecule has 268 valence electrons. The highest BCUT2D eigenvalue weighted by Crippen LogP contribution is 2.34. The zero-order chi connectivity index (χ0) is 36.3. The number of pyridine rings is 1. The molecule has 9 heteroatoms. The van der Waals surface area contributed by atoms with E-state index in [1.54, 1.807) is 42.6 Å². The molecule has 1 aliphatic heterocycles. The number of benzene rings is 4. The molecule has 2 heterocycles. The molecule has 0 N–H and O–H groups in total. The van der Waals surface area contributed by atoms with Gasteiger partial charge in [0.05, 0.1) is 17.8 Å². The summed E-state index contributed by atoms with van der Waals surface area (Å²) in [5, 5.41) is 0.436. The fourth-order valence-electron chi connectivity index (χ4n) is 5.92. The van der Waals surface area contributed by atoms with Gasteiger partial charge in [-0.1, -0.05) is 65.7 Å². The Labute approximate surface area is 310 Å². The molecule has 1 saturated heterocycles. The molecule has 1 amide bonds. The number of hydrogen-bond donors (Lipinski definition) is 0. The second-order valence-corrected chi connectivity index (χ2v) is 13.4. The van der Waals surface area contributed by atoms with Crippen LogP contribution in [0.5, 0.6) is 23.1 Å². The average Bonchev–Trinajstić information content (AvgIpc) is 3.16. The van der Waals surface area contributed by atoms with Crippen LogP contribution in [0.2, 0.25) is 5.02 Å². The van der Waals surface area contributed by atoms with E-state index in [9.17, 15) is 9.18 Å². The number of hydrogen-bond acceptors (Lipinski definition) is 6. The van der Waals surface area contributed by atoms with E-state index in [0.29, 0.717) is 54.5 Å². The Morgan fingerprint density at radius 3 is 2.21 bits per heavy atom. The highest BCUT2D eigenvalue weighted by atomic mass is 35.5. The number of amides is 1. The molecule has 6 rings (SSSR count). The lowest BCUT2D eigenvalue weighted by Crippen LogP contribution is -2.47. The molecular formula is C43H43ClFN3O4. The average molecular weight is 720 g/mol. The Morgan fingerprint density at radius 2 is 1.52 bits per heavy atom. The molecule has 0 radical (unpaired) electrons. The Bertz CT molecular complexity index is 1920. The van der Waals surface area contributed by atoms with Gasteiger partial charge in [0.2, 0.25) is 11.8 Å². The molecule has 4 aromatic carbocycles. The van der Waals surface area contributed by atoms with Crippen LogP contribution in [0.25, 0.3) is 6.08 Å². The Kier molecular flexibility index (Phi) is 12.6. The van der Waals surface area contributed by atoms with Gasteiger partial charge in [-0.3, -0.25) is 9.69 Å². The van der Waals surface area contributed by atoms with E-state index in [4.69, 9.17) is 25.8 Å². The van der Waals surface area contributed by atoms with Crippen LogP contribution in [0.1, 0.15) is 39.8 Å². The molecule has 1 fully saturated rings. The summed E-state index contributed by atoms with van der Waals surface area (Å²) >= 11 is 6.63. The van der Waals surface area contributed by atoms with Crippen LogP contribution >= 0.6 is 11.6 Å². The predicted molar refractivity (Wildman–Crippen MR) is 204 cm³/mol. The summed E-state index contributed by atoms with van der Waals surface area (Å²) in [5.74, 6) is 1.97. The number of rotatable bonds is 14. The van der Waals surface area contributed by atoms with Crippen LogP contribution in [0.4, 0.5) is 4.39 Å². The second kappa shape index (κ2) is 17.8. The van der Waals surface area contributed by atoms with E-state index in [0.717, 1.165) is 49.2 Å². The summed E-state index contributed by atoms with van der Waals surface area (Å²) in [7, 11) is 0. The second-order valence-electron chi connectivity index (χ2n) is 13.0. The van der Waals surface area contributed by atoms with E-state index in [-0.39, 0.29) is 11.7 Å². The van der Waals surface area contributed by atoms with Gasteiger partial charge < -0.3 is 19.1 Å². The van der Waals surface area contributed by atoms with Crippen LogP contribution < -0.4 is 14.2 Å². The van der Waals surface area contributed by atoms with E-state index in [1.807, 2.05) is 36.1 Å². The molecule has 52 heavy (non-hydrogen) atoms. The zero-order valence-electron chi connectivity index (χ0n) is 29.6. The molecule has 7 nitrogen and oxygen atoms in total. The lowest BCUT2D eigenvalue weighted by Gasteiger charge is -2.34. The summed E-state index contributed by atoms with van der Waals surface area (Å²) in [6.07, 6.45) is 6.84. The van der Waals surface area contributed by atoms with Crippen molar-refractivity contribution in [1.82, 2.24) is 14.8 Å². The normalized spacial score (nSPS) is 13.3. The lowest BCUT2D eigenvalue weighted by atomic mass is 10.1. The quantitative estimate of drug-likeness (QED) is 0.0843. The van der Waals surface area contributed by atoms with Crippen LogP contribution in [-0.4, -0.2) is 53.5 Å². The number of aromatic nitrogens is 1. The minimum absolute atomic E-state index is 0.0181. The molecule has 0 spiro atoms. The van der Waals surface area contributed by atoms with Crippen molar-refractivity contribution in [3.8, 4) is 23.1 Å². The lowest BCUT2D eigenvalue weighted by molar-refractivity contribution is -0.127. The van der Waals surface area contributed by atoms with Gasteiger partial charge in [-0.25, -0.2) is 9.37 Å². The first-order valence-corrected chi connectivity index (χ1v) is 17.9. The van der Waals surface area contributed by atoms with Gasteiger partial charge in [0.25, 0.3) is 0 Å². The predicted octanol–water partition coefficient (Wildman–Crippen LogP) is 9.23. The Hall–Kier alpha value is -5.18. The van der Waals surface area contributed by atoms with Gasteiger partial charge >= 0.3 is 0 Å². The molecule has 0 atom stereocenters. The summed E-state index contributed by atoms with van der Waals surface area (Å²) in [4.78, 5) is 21.7. The van der Waals surface area contributed by atoms with Gasteiger partial charge in [-0.2, -0.15) is 0 Å². The van der Waals surface area contributed by atoms with E-state index in [2.05, 4.69) is 53.2 Å². The Balaban J connectivity index is 0.918. The summed E-state index contributed by atoms with van der Waals surface area (Å²) in [6.45, 7) is 8.83. The van der Waals surface area contributed by atoms with Crippen molar-refractivity contribution >= 4 is 23.6 Å². The molecular weight excluding hydrogens is 677 g/mol. The molecule has 1 aromatic heterocycles. The first kappa shape index (κ1) is 36.6. The molecule has 0 saturated carbocycles. The summed E-state index contributed by atoms with van der Waals surface area (Å²) < 4.78 is 30.6. The monoisotopic (exact) mass is 719 g/mol. The molecule has 0 bridgehead atoms. The van der Waals surface area contributed by atoms with E-state index < -0.39 is 0 Å². The Morgan fingerprint density at radius 1 is 0.827 bits per heavy atom. The topological polar surface area (TPSA) is 64.1 Å². The zero-order valence-corrected chi connectivity index (χ0v) is 30.3. The van der Waals surface area contributed by atoms with E-state index >= 15 is 0 Å². The van der Waals surface area contributed by atoms with Crippen molar-refractivity contribution in [2.45, 2.75) is 39.8 Å². The number of aryl methyl sites for hydroxylation is 3. The van der Waals surface area contributed by atoms with Gasteiger partial charge in [-0.15, -0.1) is 0 Å². The van der Waals surface area contributed by atoms with Gasteiger partial charge in [0.1, 0.15) is 23.9 Å². The van der Waals surface area contributed by atoms with Crippen LogP contribution in [0, 0.1) is 19.7 Å². The summed E-state index contributed by atoms with van der Waals surface area (Å²) in [5.41, 5.74) is 6.45. The third kappa shape index (κ3) is 10.7. The minimum Gasteiger partial charge on any atom is -0.494 e. The maximum Gasteiger partial charge on any atom is 0.246 e. The van der Waals surface area contributed by atoms with Crippen molar-refractivity contribution in [2.75, 3.05) is 32.8 Å². The summed E-state index contributed by atoms with van der Waals surface area (Å²) in [6, 6.07) is 30.3. The number of ether oxygens (including phenoxy) is 3. The fraction of sp³-hybridized carbons (Fsp3) is 0.256. The molecule has 0 aliphatic carbocycles. The van der Waals surface area contributed by atoms with Gasteiger partial charge in [0, 0.05) is 44.9 Å². The molecule has 5 aromatic rings. The molecule has 0 unspecified atom stereocenters. The largest absolute Gasteiger partial charge is 0.494 e. The standard InChI is InChI=1S/C43H43ClFN3O4/c1-31-5-7-35(8-6-31)30-51-39-18-19-41(46-28-39)52-43-32(2)26-36(27-40(43)44)13-20-42(49)48-23-21-47(22-24-48)29-34-11-9-33(10-12-34)4-3-25-50-38-16-14-37(45)15-17-38/h5-20,26-28H,3-4,21-25,29-30H2,1-2H3. The number of carbonyl (C=O) groups excluding carboxylic acids is 1. The van der Waals surface area contributed by atoms with Crippen LogP contribution in [0.15, 0.2) is 109 Å². The van der Waals surface area contributed by atoms with Crippen molar-refractivity contribution in [1.29, 1.82) is 0 Å². The minimum atomic E-state index is -0.263. The van der Waals surface area contributed by atoms with Gasteiger partial charge in [0.15, 0.2) is 5.75 Å². The number of halogens is 2. The third-order valence-electron chi connectivity index (χ3n) is 8.92. The number of carbonyl (C=O) groups is 1.